The van der Waals surface area contributed by atoms with Crippen LogP contribution in [0.4, 0.5) is 11.4 Å². The Morgan fingerprint density at radius 2 is 0.933 bits per heavy atom. The number of carbonyl (C=O) groups is 2. The summed E-state index contributed by atoms with van der Waals surface area (Å²) in [6, 6.07) is 5.17. The number of primary amides is 2. The van der Waals surface area contributed by atoms with Gasteiger partial charge in [0, 0.05) is 0 Å². The average molecular weight is 740 g/mol. The van der Waals surface area contributed by atoms with Crippen molar-refractivity contribution in [3.8, 4) is 11.5 Å². The van der Waals surface area contributed by atoms with Crippen LogP contribution in [0.3, 0.4) is 0 Å². The van der Waals surface area contributed by atoms with Gasteiger partial charge in [-0.2, -0.15) is 0 Å². The summed E-state index contributed by atoms with van der Waals surface area (Å²) in [6.45, 7) is 2.27. The fourth-order valence-electron chi connectivity index (χ4n) is 2.29. The van der Waals surface area contributed by atoms with Crippen molar-refractivity contribution < 1.29 is 94.9 Å². The molecule has 2 aromatic carbocycles. The molecule has 20 N–H and O–H groups in total. The first-order valence-corrected chi connectivity index (χ1v) is 12.9. The zero-order valence-corrected chi connectivity index (χ0v) is 25.5. The largest absolute Gasteiger partial charge is 2.00 e. The van der Waals surface area contributed by atoms with Crippen molar-refractivity contribution in [1.82, 2.24) is 0 Å². The van der Waals surface area contributed by atoms with Gasteiger partial charge in [-0.25, -0.2) is 16.8 Å². The maximum absolute atomic E-state index is 10.9. The number of amides is 2. The maximum atomic E-state index is 10.9. The minimum Gasteiger partial charge on any atom is -0.744 e. The second kappa shape index (κ2) is 20.4. The molecule has 0 atom stereocenters. The molecule has 0 saturated carbocycles. The van der Waals surface area contributed by atoms with Crippen LogP contribution in [0, 0.1) is 0 Å². The van der Waals surface area contributed by atoms with Gasteiger partial charge in [0.1, 0.15) is 54.6 Å². The van der Waals surface area contributed by atoms with E-state index in [1.54, 1.807) is 0 Å². The molecular formula is C20H32CuN6O16S2+4. The summed E-state index contributed by atoms with van der Waals surface area (Å²) in [4.78, 5) is 20.6. The minimum absolute atomic E-state index is 0. The third kappa shape index (κ3) is 15.6. The predicted octanol–water partition coefficient (Wildman–Crippen LogP) is -2.38. The quantitative estimate of drug-likeness (QED) is 0.0413. The Balaban J connectivity index is -0.000000213. The number of allylic oxidation sites excluding steroid dienone is 2. The van der Waals surface area contributed by atoms with E-state index in [-0.39, 0.29) is 50.3 Å². The molecular weight excluding hydrogens is 708 g/mol. The summed E-state index contributed by atoms with van der Waals surface area (Å²) in [5.41, 5.74) is 7.95. The van der Waals surface area contributed by atoms with Gasteiger partial charge in [0.15, 0.2) is 11.4 Å². The Bertz CT molecular complexity index is 1540. The molecule has 2 rings (SSSR count). The standard InChI is InChI=1S/2C10H11N3O6S.Cu.4H2O/c2*1-5(14)9(10(11)16)13-12-7-4-6(20(17,18)19)2-3-8(7)15;;;;;/h2*2-4,14-15H,1H3,(H2,11,16)(H,17,18,19);;4*1H2/q;;+2;;;;/p+2/b2*9-5+,13-12?;;;;;. The number of phenols is 2. The molecule has 1 radical (unpaired) electrons. The van der Waals surface area contributed by atoms with E-state index in [1.807, 2.05) is 0 Å². The number of hydrogen-bond donors (Lipinski definition) is 6. The van der Waals surface area contributed by atoms with E-state index in [4.69, 9.17) is 21.7 Å². The molecule has 0 saturated heterocycles. The molecule has 0 bridgehead atoms. The summed E-state index contributed by atoms with van der Waals surface area (Å²) < 4.78 is 64.9. The van der Waals surface area contributed by atoms with Crippen LogP contribution in [0.15, 0.2) is 89.6 Å². The number of nitrogens with two attached hydrogens (primary N) is 2. The third-order valence-electron chi connectivity index (χ3n) is 4.14. The van der Waals surface area contributed by atoms with E-state index in [0.29, 0.717) is 0 Å². The molecule has 2 amide bonds. The Morgan fingerprint density at radius 1 is 0.667 bits per heavy atom. The van der Waals surface area contributed by atoms with Crippen LogP contribution in [0.25, 0.3) is 0 Å². The molecule has 0 aliphatic rings. The SMILES string of the molecule is C/C(O)=C(\N=Nc1cc(S(=O)(=O)[O-])ccc1O)C(N)=O.C/C(O)=C(\N=Nc1cc(S(=O)(=O)[O-])ccc1O)C(N)=O.[Cu+2].[OH3+].[OH3+].[OH3+].[OH3+]. The van der Waals surface area contributed by atoms with E-state index in [2.05, 4.69) is 20.5 Å². The Kier molecular flexibility index (Phi) is 22.7. The van der Waals surface area contributed by atoms with E-state index in [9.17, 15) is 45.7 Å². The monoisotopic (exact) mass is 739 g/mol. The second-order valence-corrected chi connectivity index (χ2v) is 9.97. The number of azo groups is 2. The summed E-state index contributed by atoms with van der Waals surface area (Å²) >= 11 is 0. The van der Waals surface area contributed by atoms with Crippen molar-refractivity contribution in [2.24, 2.45) is 31.9 Å². The van der Waals surface area contributed by atoms with Crippen LogP contribution < -0.4 is 11.5 Å². The summed E-state index contributed by atoms with van der Waals surface area (Å²) in [5.74, 6) is -4.09. The van der Waals surface area contributed by atoms with Gasteiger partial charge in [0.25, 0.3) is 11.8 Å². The maximum Gasteiger partial charge on any atom is 2.00 e. The molecule has 2 aromatic rings. The topological polar surface area (TPSA) is 463 Å². The van der Waals surface area contributed by atoms with Crippen LogP contribution in [0.2, 0.25) is 0 Å². The zero-order chi connectivity index (χ0) is 31.0. The van der Waals surface area contributed by atoms with Crippen molar-refractivity contribution in [1.29, 1.82) is 0 Å². The van der Waals surface area contributed by atoms with Gasteiger partial charge >= 0.3 is 17.1 Å². The molecule has 45 heavy (non-hydrogen) atoms. The number of aliphatic hydroxyl groups is 2. The summed E-state index contributed by atoms with van der Waals surface area (Å²) in [7, 11) is -9.46. The van der Waals surface area contributed by atoms with Crippen LogP contribution in [-0.2, 0) is 68.8 Å². The first kappa shape index (κ1) is 50.1. The minimum atomic E-state index is -4.73. The van der Waals surface area contributed by atoms with Crippen molar-refractivity contribution >= 4 is 43.4 Å². The third-order valence-corrected chi connectivity index (χ3v) is 5.80. The molecule has 0 spiro atoms. The fourth-order valence-corrected chi connectivity index (χ4v) is 3.27. The zero-order valence-electron chi connectivity index (χ0n) is 22.9. The number of carbonyl (C=O) groups excluding carboxylic acids is 2. The second-order valence-electron chi connectivity index (χ2n) is 7.21. The number of phenolic OH excluding ortho intramolecular Hbond substituents is 2. The molecule has 0 aliphatic carbocycles. The Labute approximate surface area is 264 Å². The average Bonchev–Trinajstić information content (AvgIpc) is 2.79. The number of aliphatic hydroxyl groups excluding tert-OH is 2. The Hall–Kier alpha value is -4.56. The fraction of sp³-hybridized carbons (Fsp3) is 0.100. The van der Waals surface area contributed by atoms with E-state index >= 15 is 0 Å². The van der Waals surface area contributed by atoms with Gasteiger partial charge in [-0.1, -0.05) is 0 Å². The number of hydrogen-bond acceptors (Lipinski definition) is 16. The first-order valence-electron chi connectivity index (χ1n) is 10.1. The summed E-state index contributed by atoms with van der Waals surface area (Å²) in [5, 5.41) is 50.5. The van der Waals surface area contributed by atoms with Crippen molar-refractivity contribution in [2.75, 3.05) is 0 Å². The van der Waals surface area contributed by atoms with Gasteiger partial charge in [-0.3, -0.25) is 9.59 Å². The van der Waals surface area contributed by atoms with Crippen LogP contribution in [-0.4, -0.2) is 58.2 Å². The molecule has 25 heteroatoms. The number of benzene rings is 2. The van der Waals surface area contributed by atoms with Crippen molar-refractivity contribution in [3.63, 3.8) is 0 Å². The van der Waals surface area contributed by atoms with Crippen molar-refractivity contribution in [3.05, 3.63) is 59.3 Å². The van der Waals surface area contributed by atoms with Gasteiger partial charge in [-0.15, -0.1) is 20.5 Å². The first-order chi connectivity index (χ1) is 18.2. The predicted molar refractivity (Wildman–Crippen MR) is 150 cm³/mol. The Morgan fingerprint density at radius 3 is 1.13 bits per heavy atom. The molecule has 0 fully saturated rings. The summed E-state index contributed by atoms with van der Waals surface area (Å²) in [6.07, 6.45) is 0. The molecule has 0 heterocycles. The molecule has 0 aromatic heterocycles. The van der Waals surface area contributed by atoms with E-state index in [1.165, 1.54) is 0 Å². The van der Waals surface area contributed by atoms with Gasteiger partial charge in [0.2, 0.25) is 0 Å². The number of aromatic hydroxyl groups is 2. The smallest absolute Gasteiger partial charge is 0.744 e. The van der Waals surface area contributed by atoms with Crippen molar-refractivity contribution in [2.45, 2.75) is 23.6 Å². The number of rotatable bonds is 8. The molecule has 0 unspecified atom stereocenters. The molecule has 257 valence electrons. The molecule has 22 nitrogen and oxygen atoms in total. The normalized spacial score (nSPS) is 11.8. The van der Waals surface area contributed by atoms with Crippen LogP contribution >= 0.6 is 0 Å². The van der Waals surface area contributed by atoms with Gasteiger partial charge in [-0.05, 0) is 50.2 Å². The van der Waals surface area contributed by atoms with E-state index < -0.39 is 76.3 Å². The van der Waals surface area contributed by atoms with Crippen LogP contribution in [0.1, 0.15) is 13.8 Å². The van der Waals surface area contributed by atoms with Gasteiger partial charge in [0.05, 0.1) is 9.79 Å². The van der Waals surface area contributed by atoms with Crippen LogP contribution in [0.5, 0.6) is 11.5 Å². The molecule has 0 aliphatic heterocycles. The van der Waals surface area contributed by atoms with E-state index in [0.717, 1.165) is 50.2 Å². The van der Waals surface area contributed by atoms with Gasteiger partial charge < -0.3 is 62.9 Å². The number of nitrogens with zero attached hydrogens (tertiary/aromatic N) is 4.